The van der Waals surface area contributed by atoms with Crippen LogP contribution in [0.25, 0.3) is 0 Å². The number of hydrogen-bond acceptors (Lipinski definition) is 5. The molecule has 0 bridgehead atoms. The standard InChI is InChI=1S/C12H14N2O6S/c1-5(15)13-7(11(17)18)4-21-8-2-6-3-9(16)14(6)10(8)12(19)20/h6-7H,2-4H2,1H3,(H,13,15)(H,17,18)(H,19,20)/t6-,7?/m0/s1. The second-order valence-corrected chi connectivity index (χ2v) is 5.92. The molecule has 0 radical (unpaired) electrons. The van der Waals surface area contributed by atoms with Gasteiger partial charge in [-0.15, -0.1) is 11.8 Å². The van der Waals surface area contributed by atoms with Gasteiger partial charge in [0.05, 0.1) is 6.04 Å². The van der Waals surface area contributed by atoms with Crippen molar-refractivity contribution in [1.29, 1.82) is 0 Å². The lowest BCUT2D eigenvalue weighted by atomic mass is 10.0. The number of carbonyl (C=O) groups excluding carboxylic acids is 2. The van der Waals surface area contributed by atoms with Gasteiger partial charge < -0.3 is 20.4 Å². The highest BCUT2D eigenvalue weighted by Gasteiger charge is 2.47. The molecule has 0 spiro atoms. The number of carbonyl (C=O) groups is 4. The number of thioether (sulfide) groups is 1. The fourth-order valence-electron chi connectivity index (χ4n) is 2.35. The van der Waals surface area contributed by atoms with Crippen LogP contribution in [0.1, 0.15) is 19.8 Å². The highest BCUT2D eigenvalue weighted by molar-refractivity contribution is 8.03. The summed E-state index contributed by atoms with van der Waals surface area (Å²) in [6, 6.07) is -1.23. The Morgan fingerprint density at radius 1 is 1.38 bits per heavy atom. The molecule has 0 aromatic heterocycles. The number of fused-ring (bicyclic) bond motifs is 1. The van der Waals surface area contributed by atoms with Gasteiger partial charge in [-0.1, -0.05) is 0 Å². The largest absolute Gasteiger partial charge is 0.480 e. The van der Waals surface area contributed by atoms with Crippen LogP contribution in [-0.4, -0.2) is 56.7 Å². The van der Waals surface area contributed by atoms with Crippen molar-refractivity contribution in [3.63, 3.8) is 0 Å². The summed E-state index contributed by atoms with van der Waals surface area (Å²) in [7, 11) is 0. The summed E-state index contributed by atoms with van der Waals surface area (Å²) in [6.07, 6.45) is 0.735. The number of hydrogen-bond donors (Lipinski definition) is 3. The number of nitrogens with one attached hydrogen (secondary N) is 1. The van der Waals surface area contributed by atoms with Crippen LogP contribution < -0.4 is 5.32 Å². The van der Waals surface area contributed by atoms with E-state index in [0.717, 1.165) is 11.8 Å². The lowest BCUT2D eigenvalue weighted by Gasteiger charge is -2.34. The fraction of sp³-hybridized carbons (Fsp3) is 0.500. The van der Waals surface area contributed by atoms with Crippen molar-refractivity contribution in [1.82, 2.24) is 10.2 Å². The Kier molecular flexibility index (Phi) is 4.21. The SMILES string of the molecule is CC(=O)NC(CSC1=C(C(=O)O)N2C(=O)C[C@@H]2C1)C(=O)O. The summed E-state index contributed by atoms with van der Waals surface area (Å²) in [5.74, 6) is -3.08. The van der Waals surface area contributed by atoms with E-state index in [2.05, 4.69) is 5.32 Å². The van der Waals surface area contributed by atoms with E-state index in [9.17, 15) is 24.3 Å². The molecular weight excluding hydrogens is 300 g/mol. The number of carboxylic acid groups (broad SMARTS) is 2. The maximum atomic E-state index is 11.4. The van der Waals surface area contributed by atoms with Gasteiger partial charge in [0.1, 0.15) is 11.7 Å². The Morgan fingerprint density at radius 3 is 2.52 bits per heavy atom. The van der Waals surface area contributed by atoms with Crippen molar-refractivity contribution in [2.45, 2.75) is 31.8 Å². The number of β-lactam (4-membered cyclic amide) rings is 1. The van der Waals surface area contributed by atoms with Gasteiger partial charge in [-0.05, 0) is 0 Å². The molecule has 2 aliphatic rings. The van der Waals surface area contributed by atoms with Crippen LogP contribution in [0.4, 0.5) is 0 Å². The minimum Gasteiger partial charge on any atom is -0.480 e. The Labute approximate surface area is 124 Å². The van der Waals surface area contributed by atoms with E-state index in [1.807, 2.05) is 0 Å². The van der Waals surface area contributed by atoms with Crippen LogP contribution in [0.3, 0.4) is 0 Å². The predicted molar refractivity (Wildman–Crippen MR) is 72.2 cm³/mol. The van der Waals surface area contributed by atoms with Gasteiger partial charge in [0.2, 0.25) is 11.8 Å². The molecule has 0 saturated carbocycles. The summed E-state index contributed by atoms with van der Waals surface area (Å²) in [4.78, 5) is 46.4. The summed E-state index contributed by atoms with van der Waals surface area (Å²) in [6.45, 7) is 1.21. The first kappa shape index (κ1) is 15.4. The lowest BCUT2D eigenvalue weighted by molar-refractivity contribution is -0.147. The molecule has 0 aromatic rings. The van der Waals surface area contributed by atoms with Crippen LogP contribution in [0, 0.1) is 0 Å². The first-order valence-corrected chi connectivity index (χ1v) is 7.21. The molecule has 2 amide bonds. The topological polar surface area (TPSA) is 124 Å². The fourth-order valence-corrected chi connectivity index (χ4v) is 3.58. The quantitative estimate of drug-likeness (QED) is 0.570. The highest BCUT2D eigenvalue weighted by Crippen LogP contribution is 2.43. The van der Waals surface area contributed by atoms with Crippen molar-refractivity contribution in [2.75, 3.05) is 5.75 Å². The van der Waals surface area contributed by atoms with Gasteiger partial charge in [-0.3, -0.25) is 9.59 Å². The average molecular weight is 314 g/mol. The average Bonchev–Trinajstić information content (AvgIpc) is 2.66. The second kappa shape index (κ2) is 5.76. The van der Waals surface area contributed by atoms with Crippen LogP contribution in [0.5, 0.6) is 0 Å². The Balaban J connectivity index is 2.08. The molecule has 1 unspecified atom stereocenters. The molecule has 0 aromatic carbocycles. The minimum absolute atomic E-state index is 0.00970. The van der Waals surface area contributed by atoms with Crippen LogP contribution in [0.2, 0.25) is 0 Å². The maximum absolute atomic E-state index is 11.4. The summed E-state index contributed by atoms with van der Waals surface area (Å²) < 4.78 is 0. The van der Waals surface area contributed by atoms with E-state index in [1.165, 1.54) is 11.8 Å². The van der Waals surface area contributed by atoms with Crippen molar-refractivity contribution >= 4 is 35.5 Å². The number of amides is 2. The van der Waals surface area contributed by atoms with Gasteiger partial charge in [0.15, 0.2) is 0 Å². The molecule has 2 atom stereocenters. The smallest absolute Gasteiger partial charge is 0.353 e. The zero-order valence-corrected chi connectivity index (χ0v) is 12.0. The van der Waals surface area contributed by atoms with E-state index < -0.39 is 23.9 Å². The van der Waals surface area contributed by atoms with Crippen LogP contribution in [0.15, 0.2) is 10.6 Å². The molecule has 3 N–H and O–H groups in total. The van der Waals surface area contributed by atoms with Crippen molar-refractivity contribution < 1.29 is 29.4 Å². The predicted octanol–water partition coefficient (Wildman–Crippen LogP) is -0.390. The van der Waals surface area contributed by atoms with E-state index in [4.69, 9.17) is 5.11 Å². The monoisotopic (exact) mass is 314 g/mol. The zero-order chi connectivity index (χ0) is 15.7. The first-order chi connectivity index (χ1) is 9.81. The highest BCUT2D eigenvalue weighted by atomic mass is 32.2. The van der Waals surface area contributed by atoms with Gasteiger partial charge in [-0.2, -0.15) is 0 Å². The Morgan fingerprint density at radius 2 is 2.05 bits per heavy atom. The van der Waals surface area contributed by atoms with E-state index >= 15 is 0 Å². The molecule has 8 nitrogen and oxygen atoms in total. The van der Waals surface area contributed by atoms with Crippen molar-refractivity contribution in [3.05, 3.63) is 10.6 Å². The van der Waals surface area contributed by atoms with E-state index in [-0.39, 0.29) is 23.4 Å². The van der Waals surface area contributed by atoms with Gasteiger partial charge >= 0.3 is 11.9 Å². The molecule has 0 aliphatic carbocycles. The number of nitrogens with zero attached hydrogens (tertiary/aromatic N) is 1. The third-order valence-electron chi connectivity index (χ3n) is 3.27. The molecule has 114 valence electrons. The third kappa shape index (κ3) is 3.02. The molecule has 21 heavy (non-hydrogen) atoms. The molecule has 2 aliphatic heterocycles. The number of rotatable bonds is 6. The molecule has 1 saturated heterocycles. The first-order valence-electron chi connectivity index (χ1n) is 6.22. The summed E-state index contributed by atoms with van der Waals surface area (Å²) in [5, 5.41) is 20.5. The lowest BCUT2D eigenvalue weighted by Crippen LogP contribution is -2.49. The zero-order valence-electron chi connectivity index (χ0n) is 11.2. The van der Waals surface area contributed by atoms with E-state index in [0.29, 0.717) is 17.7 Å². The molecule has 9 heteroatoms. The molecule has 2 rings (SSSR count). The number of carboxylic acids is 2. The summed E-state index contributed by atoms with van der Waals surface area (Å²) in [5.41, 5.74) is -0.0618. The van der Waals surface area contributed by atoms with E-state index in [1.54, 1.807) is 0 Å². The van der Waals surface area contributed by atoms with Crippen molar-refractivity contribution in [2.24, 2.45) is 0 Å². The van der Waals surface area contributed by atoms with Crippen LogP contribution >= 0.6 is 11.8 Å². The maximum Gasteiger partial charge on any atom is 0.353 e. The van der Waals surface area contributed by atoms with Gasteiger partial charge in [0, 0.05) is 30.4 Å². The normalized spacial score (nSPS) is 21.7. The minimum atomic E-state index is -1.19. The molecule has 2 heterocycles. The van der Waals surface area contributed by atoms with Crippen LogP contribution in [-0.2, 0) is 19.2 Å². The third-order valence-corrected chi connectivity index (χ3v) is 4.48. The van der Waals surface area contributed by atoms with Crippen molar-refractivity contribution in [3.8, 4) is 0 Å². The molecule has 1 fully saturated rings. The Hall–Kier alpha value is -2.03. The number of aliphatic carboxylic acids is 2. The second-order valence-electron chi connectivity index (χ2n) is 4.81. The summed E-state index contributed by atoms with van der Waals surface area (Å²) >= 11 is 1.06. The van der Waals surface area contributed by atoms with Gasteiger partial charge in [-0.25, -0.2) is 9.59 Å². The van der Waals surface area contributed by atoms with Gasteiger partial charge in [0.25, 0.3) is 0 Å². The molecular formula is C12H14N2O6S. The Bertz CT molecular complexity index is 558.